The molecule has 1 saturated heterocycles. The number of aliphatic imine (C=N–C) groups is 1. The maximum absolute atomic E-state index is 5.99. The van der Waals surface area contributed by atoms with Gasteiger partial charge in [-0.1, -0.05) is 26.2 Å². The average molecular weight is 280 g/mol. The summed E-state index contributed by atoms with van der Waals surface area (Å²) >= 11 is 0. The van der Waals surface area contributed by atoms with E-state index >= 15 is 0 Å². The van der Waals surface area contributed by atoms with Crippen molar-refractivity contribution in [1.82, 2.24) is 10.2 Å². The molecule has 2 aliphatic rings. The van der Waals surface area contributed by atoms with Crippen molar-refractivity contribution < 1.29 is 0 Å². The van der Waals surface area contributed by atoms with Gasteiger partial charge >= 0.3 is 0 Å². The Morgan fingerprint density at radius 1 is 1.15 bits per heavy atom. The molecule has 4 nitrogen and oxygen atoms in total. The minimum Gasteiger partial charge on any atom is -0.370 e. The van der Waals surface area contributed by atoms with Crippen LogP contribution in [0.3, 0.4) is 0 Å². The predicted octanol–water partition coefficient (Wildman–Crippen LogP) is 2.35. The molecular formula is C16H32N4. The van der Waals surface area contributed by atoms with Gasteiger partial charge in [0.15, 0.2) is 5.96 Å². The molecule has 2 fully saturated rings. The van der Waals surface area contributed by atoms with E-state index in [2.05, 4.69) is 22.1 Å². The number of guanidine groups is 1. The normalized spacial score (nSPS) is 23.9. The van der Waals surface area contributed by atoms with E-state index in [4.69, 9.17) is 5.73 Å². The van der Waals surface area contributed by atoms with E-state index in [1.54, 1.807) is 0 Å². The Bertz CT molecular complexity index is 289. The summed E-state index contributed by atoms with van der Waals surface area (Å²) in [5.41, 5.74) is 5.99. The smallest absolute Gasteiger partial charge is 0.188 e. The number of nitrogens with one attached hydrogen (secondary N) is 1. The lowest BCUT2D eigenvalue weighted by molar-refractivity contribution is 0.188. The van der Waals surface area contributed by atoms with Crippen LogP contribution in [0.15, 0.2) is 4.99 Å². The highest BCUT2D eigenvalue weighted by Crippen LogP contribution is 2.20. The maximum Gasteiger partial charge on any atom is 0.188 e. The van der Waals surface area contributed by atoms with Crippen molar-refractivity contribution in [3.8, 4) is 0 Å². The summed E-state index contributed by atoms with van der Waals surface area (Å²) < 4.78 is 0. The van der Waals surface area contributed by atoms with Gasteiger partial charge in [-0.2, -0.15) is 0 Å². The molecule has 116 valence electrons. The summed E-state index contributed by atoms with van der Waals surface area (Å²) in [6, 6.07) is 0.570. The topological polar surface area (TPSA) is 53.6 Å². The van der Waals surface area contributed by atoms with Gasteiger partial charge in [0.1, 0.15) is 0 Å². The Labute approximate surface area is 124 Å². The van der Waals surface area contributed by atoms with Crippen LogP contribution in [-0.4, -0.2) is 43.1 Å². The van der Waals surface area contributed by atoms with Gasteiger partial charge in [0.05, 0.1) is 0 Å². The molecule has 1 aliphatic heterocycles. The van der Waals surface area contributed by atoms with Gasteiger partial charge < -0.3 is 16.0 Å². The number of rotatable bonds is 5. The summed E-state index contributed by atoms with van der Waals surface area (Å²) in [4.78, 5) is 7.06. The number of nitrogens with zero attached hydrogens (tertiary/aromatic N) is 2. The van der Waals surface area contributed by atoms with Crippen LogP contribution < -0.4 is 11.1 Å². The van der Waals surface area contributed by atoms with E-state index < -0.39 is 0 Å². The lowest BCUT2D eigenvalue weighted by Crippen LogP contribution is -2.41. The lowest BCUT2D eigenvalue weighted by atomic mass is 9.94. The molecule has 20 heavy (non-hydrogen) atoms. The first-order valence-electron chi connectivity index (χ1n) is 8.56. The number of hydrogen-bond donors (Lipinski definition) is 2. The van der Waals surface area contributed by atoms with Crippen molar-refractivity contribution in [3.05, 3.63) is 0 Å². The zero-order chi connectivity index (χ0) is 14.2. The third-order valence-electron chi connectivity index (χ3n) is 4.93. The predicted molar refractivity (Wildman–Crippen MR) is 86.0 cm³/mol. The van der Waals surface area contributed by atoms with Crippen LogP contribution in [0, 0.1) is 5.92 Å². The minimum absolute atomic E-state index is 0.570. The van der Waals surface area contributed by atoms with Crippen molar-refractivity contribution in [1.29, 1.82) is 0 Å². The molecule has 1 heterocycles. The van der Waals surface area contributed by atoms with E-state index in [9.17, 15) is 0 Å². The first kappa shape index (κ1) is 15.6. The molecule has 0 aromatic carbocycles. The second-order valence-corrected chi connectivity index (χ2v) is 6.41. The van der Waals surface area contributed by atoms with Gasteiger partial charge in [-0.15, -0.1) is 0 Å². The maximum atomic E-state index is 5.99. The Morgan fingerprint density at radius 2 is 1.85 bits per heavy atom. The largest absolute Gasteiger partial charge is 0.370 e. The third-order valence-corrected chi connectivity index (χ3v) is 4.93. The molecular weight excluding hydrogens is 248 g/mol. The summed E-state index contributed by atoms with van der Waals surface area (Å²) in [6.07, 6.45) is 10.4. The molecule has 4 heteroatoms. The molecule has 1 saturated carbocycles. The molecule has 0 unspecified atom stereocenters. The van der Waals surface area contributed by atoms with E-state index in [1.165, 1.54) is 71.0 Å². The molecule has 0 radical (unpaired) electrons. The third kappa shape index (κ3) is 5.31. The van der Waals surface area contributed by atoms with Crippen LogP contribution in [0.1, 0.15) is 58.3 Å². The molecule has 2 rings (SSSR count). The highest BCUT2D eigenvalue weighted by atomic mass is 15.1. The summed E-state index contributed by atoms with van der Waals surface area (Å²) in [5.74, 6) is 1.52. The van der Waals surface area contributed by atoms with E-state index in [1.807, 2.05) is 0 Å². The molecule has 0 aromatic rings. The fraction of sp³-hybridized carbons (Fsp3) is 0.938. The van der Waals surface area contributed by atoms with Crippen LogP contribution in [0.25, 0.3) is 0 Å². The molecule has 0 aromatic heterocycles. The van der Waals surface area contributed by atoms with Gasteiger partial charge in [-0.05, 0) is 57.7 Å². The zero-order valence-corrected chi connectivity index (χ0v) is 13.1. The molecule has 0 spiro atoms. The first-order valence-corrected chi connectivity index (χ1v) is 8.56. The van der Waals surface area contributed by atoms with Crippen molar-refractivity contribution in [2.45, 2.75) is 64.3 Å². The highest BCUT2D eigenvalue weighted by molar-refractivity contribution is 5.78. The average Bonchev–Trinajstić information content (AvgIpc) is 2.49. The number of likely N-dealkylation sites (tertiary alicyclic amines) is 1. The molecule has 0 amide bonds. The molecule has 0 atom stereocenters. The summed E-state index contributed by atoms with van der Waals surface area (Å²) in [6.45, 7) is 6.87. The zero-order valence-electron chi connectivity index (χ0n) is 13.1. The van der Waals surface area contributed by atoms with Crippen LogP contribution >= 0.6 is 0 Å². The lowest BCUT2D eigenvalue weighted by Gasteiger charge is -2.30. The quantitative estimate of drug-likeness (QED) is 0.600. The van der Waals surface area contributed by atoms with Gasteiger partial charge in [-0.3, -0.25) is 4.99 Å². The standard InChI is InChI=1S/C16H32N4/c1-2-20-12-9-14(10-13-20)8-11-18-16(17)19-15-6-4-3-5-7-15/h14-15H,2-13H2,1H3,(H3,17,18,19). The Balaban J connectivity index is 1.60. The minimum atomic E-state index is 0.570. The SMILES string of the molecule is CCN1CCC(CCN=C(N)NC2CCCCC2)CC1. The fourth-order valence-corrected chi connectivity index (χ4v) is 3.46. The fourth-order valence-electron chi connectivity index (χ4n) is 3.46. The van der Waals surface area contributed by atoms with E-state index in [0.29, 0.717) is 12.0 Å². The second-order valence-electron chi connectivity index (χ2n) is 6.41. The van der Waals surface area contributed by atoms with Crippen LogP contribution in [0.2, 0.25) is 0 Å². The molecule has 0 bridgehead atoms. The number of hydrogen-bond acceptors (Lipinski definition) is 2. The second kappa shape index (κ2) is 8.50. The van der Waals surface area contributed by atoms with E-state index in [0.717, 1.165) is 12.5 Å². The molecule has 1 aliphatic carbocycles. The van der Waals surface area contributed by atoms with Gasteiger partial charge in [0, 0.05) is 12.6 Å². The van der Waals surface area contributed by atoms with Crippen molar-refractivity contribution >= 4 is 5.96 Å². The van der Waals surface area contributed by atoms with Crippen LogP contribution in [-0.2, 0) is 0 Å². The Morgan fingerprint density at radius 3 is 2.50 bits per heavy atom. The number of nitrogens with two attached hydrogens (primary N) is 1. The first-order chi connectivity index (χ1) is 9.78. The number of piperidine rings is 1. The Kier molecular flexibility index (Phi) is 6.64. The van der Waals surface area contributed by atoms with E-state index in [-0.39, 0.29) is 0 Å². The van der Waals surface area contributed by atoms with Crippen molar-refractivity contribution in [2.75, 3.05) is 26.2 Å². The van der Waals surface area contributed by atoms with Crippen molar-refractivity contribution in [2.24, 2.45) is 16.6 Å². The van der Waals surface area contributed by atoms with Crippen LogP contribution in [0.4, 0.5) is 0 Å². The Hall–Kier alpha value is -0.770. The monoisotopic (exact) mass is 280 g/mol. The van der Waals surface area contributed by atoms with Crippen molar-refractivity contribution in [3.63, 3.8) is 0 Å². The van der Waals surface area contributed by atoms with Gasteiger partial charge in [-0.25, -0.2) is 0 Å². The van der Waals surface area contributed by atoms with Crippen LogP contribution in [0.5, 0.6) is 0 Å². The summed E-state index contributed by atoms with van der Waals surface area (Å²) in [7, 11) is 0. The molecule has 3 N–H and O–H groups in total. The highest BCUT2D eigenvalue weighted by Gasteiger charge is 2.17. The van der Waals surface area contributed by atoms with Gasteiger partial charge in [0.25, 0.3) is 0 Å². The van der Waals surface area contributed by atoms with Gasteiger partial charge in [0.2, 0.25) is 0 Å². The summed E-state index contributed by atoms with van der Waals surface area (Å²) in [5, 5.41) is 3.39.